The van der Waals surface area contributed by atoms with E-state index < -0.39 is 6.29 Å². The molecular formula is C34H43N3O5. The Labute approximate surface area is 249 Å². The van der Waals surface area contributed by atoms with Crippen molar-refractivity contribution in [2.75, 3.05) is 33.4 Å². The Hall–Kier alpha value is -3.27. The van der Waals surface area contributed by atoms with Gasteiger partial charge in [0.05, 0.1) is 25.4 Å². The molecule has 0 aromatic heterocycles. The number of aliphatic hydroxyl groups excluding tert-OH is 1. The normalized spacial score (nSPS) is 22.6. The lowest BCUT2D eigenvalue weighted by Crippen LogP contribution is -2.42. The Morgan fingerprint density at radius 1 is 1.00 bits per heavy atom. The Balaban J connectivity index is 1.34. The van der Waals surface area contributed by atoms with Crippen molar-refractivity contribution in [1.29, 1.82) is 0 Å². The smallest absolute Gasteiger partial charge is 0.315 e. The van der Waals surface area contributed by atoms with E-state index in [1.165, 1.54) is 6.42 Å². The van der Waals surface area contributed by atoms with Gasteiger partial charge in [-0.2, -0.15) is 0 Å². The molecule has 0 saturated carbocycles. The largest absolute Gasteiger partial charge is 0.392 e. The minimum Gasteiger partial charge on any atom is -0.392 e. The molecule has 224 valence electrons. The van der Waals surface area contributed by atoms with Crippen molar-refractivity contribution < 1.29 is 24.1 Å². The number of amides is 2. The molecule has 2 aliphatic rings. The molecule has 4 unspecified atom stereocenters. The number of urea groups is 1. The third kappa shape index (κ3) is 7.56. The summed E-state index contributed by atoms with van der Waals surface area (Å²) in [6.07, 6.45) is 2.46. The summed E-state index contributed by atoms with van der Waals surface area (Å²) in [6, 6.07) is 24.7. The predicted molar refractivity (Wildman–Crippen MR) is 163 cm³/mol. The first kappa shape index (κ1) is 30.2. The summed E-state index contributed by atoms with van der Waals surface area (Å²) in [6.45, 7) is 5.57. The van der Waals surface area contributed by atoms with Gasteiger partial charge in [0.1, 0.15) is 0 Å². The first-order valence-electron chi connectivity index (χ1n) is 15.0. The first-order chi connectivity index (χ1) is 20.6. The second-order valence-electron chi connectivity index (χ2n) is 11.1. The molecule has 2 amide bonds. The molecule has 0 radical (unpaired) electrons. The second kappa shape index (κ2) is 14.8. The highest BCUT2D eigenvalue weighted by molar-refractivity contribution is 5.74. The lowest BCUT2D eigenvalue weighted by molar-refractivity contribution is -0.253. The van der Waals surface area contributed by atoms with Gasteiger partial charge >= 0.3 is 6.03 Å². The molecule has 0 bridgehead atoms. The van der Waals surface area contributed by atoms with E-state index in [0.717, 1.165) is 65.9 Å². The number of benzene rings is 3. The fourth-order valence-electron chi connectivity index (χ4n) is 5.99. The monoisotopic (exact) mass is 573 g/mol. The van der Waals surface area contributed by atoms with Gasteiger partial charge in [-0.05, 0) is 54.1 Å². The molecule has 8 heteroatoms. The summed E-state index contributed by atoms with van der Waals surface area (Å²) in [5.41, 5.74) is 6.12. The summed E-state index contributed by atoms with van der Waals surface area (Å²) < 4.78 is 18.7. The van der Waals surface area contributed by atoms with E-state index in [1.54, 1.807) is 7.11 Å². The van der Waals surface area contributed by atoms with Crippen LogP contribution in [-0.4, -0.2) is 61.5 Å². The Morgan fingerprint density at radius 3 is 2.50 bits per heavy atom. The van der Waals surface area contributed by atoms with E-state index in [0.29, 0.717) is 19.1 Å². The van der Waals surface area contributed by atoms with Crippen LogP contribution in [0.2, 0.25) is 0 Å². The average Bonchev–Trinajstić information content (AvgIpc) is 3.46. The standard InChI is InChI=1S/C34H43N3O5/c1-3-35-34(39)36-20-28-7-4-5-9-31(28)25-14-16-27(17-15-25)33-41-30(21-37-18-6-8-29(37)23-40-2)19-32(42-33)26-12-10-24(22-38)11-13-26/h4-5,7,9-17,29-30,32-33,38H,3,6,8,18-23H2,1-2H3,(H2,35,36,39). The van der Waals surface area contributed by atoms with Crippen molar-refractivity contribution in [3.63, 3.8) is 0 Å². The summed E-state index contributed by atoms with van der Waals surface area (Å²) in [5.74, 6) is 0. The zero-order chi connectivity index (χ0) is 29.3. The first-order valence-corrected chi connectivity index (χ1v) is 15.0. The van der Waals surface area contributed by atoms with Crippen LogP contribution in [0.1, 0.15) is 60.8 Å². The van der Waals surface area contributed by atoms with E-state index in [2.05, 4.69) is 45.9 Å². The molecule has 8 nitrogen and oxygen atoms in total. The summed E-state index contributed by atoms with van der Waals surface area (Å²) in [7, 11) is 1.77. The highest BCUT2D eigenvalue weighted by atomic mass is 16.7. The van der Waals surface area contributed by atoms with Gasteiger partial charge in [-0.3, -0.25) is 4.90 Å². The van der Waals surface area contributed by atoms with E-state index in [-0.39, 0.29) is 24.8 Å². The summed E-state index contributed by atoms with van der Waals surface area (Å²) >= 11 is 0. The van der Waals surface area contributed by atoms with Crippen LogP contribution in [0.4, 0.5) is 4.79 Å². The molecule has 0 aliphatic carbocycles. The molecule has 2 heterocycles. The minimum atomic E-state index is -0.501. The van der Waals surface area contributed by atoms with Crippen LogP contribution in [0, 0.1) is 0 Å². The van der Waals surface area contributed by atoms with Crippen molar-refractivity contribution in [3.8, 4) is 11.1 Å². The van der Waals surface area contributed by atoms with Crippen LogP contribution in [-0.2, 0) is 27.4 Å². The third-order valence-electron chi connectivity index (χ3n) is 8.20. The van der Waals surface area contributed by atoms with E-state index in [9.17, 15) is 9.90 Å². The number of ether oxygens (including phenoxy) is 3. The van der Waals surface area contributed by atoms with Crippen LogP contribution in [0.5, 0.6) is 0 Å². The number of nitrogens with zero attached hydrogens (tertiary/aromatic N) is 1. The number of carbonyl (C=O) groups excluding carboxylic acids is 1. The molecule has 3 aromatic rings. The number of rotatable bonds is 11. The summed E-state index contributed by atoms with van der Waals surface area (Å²) in [4.78, 5) is 14.5. The zero-order valence-electron chi connectivity index (χ0n) is 24.6. The van der Waals surface area contributed by atoms with Gasteiger partial charge in [0, 0.05) is 44.8 Å². The van der Waals surface area contributed by atoms with Crippen molar-refractivity contribution in [1.82, 2.24) is 15.5 Å². The van der Waals surface area contributed by atoms with Gasteiger partial charge in [0.2, 0.25) is 0 Å². The molecule has 2 aliphatic heterocycles. The molecule has 4 atom stereocenters. The molecule has 0 spiro atoms. The van der Waals surface area contributed by atoms with Crippen molar-refractivity contribution in [2.24, 2.45) is 0 Å². The number of methoxy groups -OCH3 is 1. The lowest BCUT2D eigenvalue weighted by atomic mass is 9.97. The van der Waals surface area contributed by atoms with Crippen LogP contribution in [0.15, 0.2) is 72.8 Å². The quantitative estimate of drug-likeness (QED) is 0.288. The van der Waals surface area contributed by atoms with Crippen LogP contribution >= 0.6 is 0 Å². The van der Waals surface area contributed by atoms with Crippen LogP contribution in [0.3, 0.4) is 0 Å². The van der Waals surface area contributed by atoms with E-state index in [1.807, 2.05) is 49.4 Å². The van der Waals surface area contributed by atoms with Gasteiger partial charge in [0.25, 0.3) is 0 Å². The number of nitrogens with one attached hydrogen (secondary N) is 2. The van der Waals surface area contributed by atoms with Gasteiger partial charge in [-0.25, -0.2) is 4.79 Å². The molecule has 2 saturated heterocycles. The van der Waals surface area contributed by atoms with Gasteiger partial charge in [0.15, 0.2) is 6.29 Å². The molecule has 3 N–H and O–H groups in total. The lowest BCUT2D eigenvalue weighted by Gasteiger charge is -2.38. The molecule has 5 rings (SSSR count). The molecular weight excluding hydrogens is 530 g/mol. The summed E-state index contributed by atoms with van der Waals surface area (Å²) in [5, 5.41) is 15.2. The van der Waals surface area contributed by atoms with Crippen molar-refractivity contribution in [3.05, 3.63) is 95.1 Å². The average molecular weight is 574 g/mol. The maximum absolute atomic E-state index is 12.0. The second-order valence-corrected chi connectivity index (χ2v) is 11.1. The topological polar surface area (TPSA) is 92.3 Å². The molecule has 3 aromatic carbocycles. The highest BCUT2D eigenvalue weighted by Crippen LogP contribution is 2.39. The van der Waals surface area contributed by atoms with Gasteiger partial charge < -0.3 is 30.0 Å². The number of likely N-dealkylation sites (tertiary alicyclic amines) is 1. The number of hydrogen-bond acceptors (Lipinski definition) is 6. The third-order valence-corrected chi connectivity index (χ3v) is 8.20. The molecule has 42 heavy (non-hydrogen) atoms. The van der Waals surface area contributed by atoms with Crippen LogP contribution < -0.4 is 10.6 Å². The Morgan fingerprint density at radius 2 is 1.76 bits per heavy atom. The maximum atomic E-state index is 12.0. The minimum absolute atomic E-state index is 0.00414. The Kier molecular flexibility index (Phi) is 10.6. The van der Waals surface area contributed by atoms with Gasteiger partial charge in [-0.15, -0.1) is 0 Å². The van der Waals surface area contributed by atoms with E-state index >= 15 is 0 Å². The number of aliphatic hydroxyl groups is 1. The van der Waals surface area contributed by atoms with Crippen LogP contribution in [0.25, 0.3) is 11.1 Å². The fraction of sp³-hybridized carbons (Fsp3) is 0.441. The molecule has 2 fully saturated rings. The van der Waals surface area contributed by atoms with Gasteiger partial charge in [-0.1, -0.05) is 72.8 Å². The highest BCUT2D eigenvalue weighted by Gasteiger charge is 2.35. The number of carbonyl (C=O) groups is 1. The fourth-order valence-corrected chi connectivity index (χ4v) is 5.99. The van der Waals surface area contributed by atoms with Crippen molar-refractivity contribution >= 4 is 6.03 Å². The zero-order valence-corrected chi connectivity index (χ0v) is 24.6. The Bertz CT molecular complexity index is 1280. The number of hydrogen-bond donors (Lipinski definition) is 3. The SMILES string of the molecule is CCNC(=O)NCc1ccccc1-c1ccc(C2OC(CN3CCCC3COC)CC(c3ccc(CO)cc3)O2)cc1. The van der Waals surface area contributed by atoms with Crippen molar-refractivity contribution in [2.45, 2.75) is 63.9 Å². The van der Waals surface area contributed by atoms with E-state index in [4.69, 9.17) is 14.2 Å². The predicted octanol–water partition coefficient (Wildman–Crippen LogP) is 5.32. The maximum Gasteiger partial charge on any atom is 0.315 e.